The van der Waals surface area contributed by atoms with E-state index in [0.717, 1.165) is 29.0 Å². The third-order valence-corrected chi connectivity index (χ3v) is 3.94. The van der Waals surface area contributed by atoms with Gasteiger partial charge in [0.1, 0.15) is 0 Å². The minimum Gasteiger partial charge on any atom is -0.370 e. The van der Waals surface area contributed by atoms with E-state index in [1.807, 2.05) is 12.1 Å². The highest BCUT2D eigenvalue weighted by Gasteiger charge is 2.17. The van der Waals surface area contributed by atoms with Crippen LogP contribution < -0.4 is 10.6 Å². The van der Waals surface area contributed by atoms with Crippen LogP contribution in [0.5, 0.6) is 0 Å². The summed E-state index contributed by atoms with van der Waals surface area (Å²) in [5.74, 6) is 0. The Balaban J connectivity index is 2.18. The van der Waals surface area contributed by atoms with Crippen LogP contribution in [0.2, 0.25) is 5.02 Å². The number of benzene rings is 1. The van der Waals surface area contributed by atoms with Crippen molar-refractivity contribution in [1.29, 1.82) is 0 Å². The lowest BCUT2D eigenvalue weighted by molar-refractivity contribution is 0.506. The fourth-order valence-corrected chi connectivity index (χ4v) is 2.41. The van der Waals surface area contributed by atoms with Crippen molar-refractivity contribution >= 4 is 33.2 Å². The number of hydrogen-bond acceptors (Lipinski definition) is 2. The highest BCUT2D eigenvalue weighted by atomic mass is 79.9. The van der Waals surface area contributed by atoms with Crippen LogP contribution in [0.3, 0.4) is 0 Å². The van der Waals surface area contributed by atoms with Crippen LogP contribution in [0.15, 0.2) is 22.7 Å². The van der Waals surface area contributed by atoms with E-state index in [2.05, 4.69) is 26.9 Å². The minimum atomic E-state index is 0.299. The largest absolute Gasteiger partial charge is 0.370 e. The van der Waals surface area contributed by atoms with E-state index in [1.54, 1.807) is 0 Å². The molecule has 4 heteroatoms. The number of nitrogens with zero attached hydrogens (tertiary/aromatic N) is 1. The molecule has 1 aliphatic rings. The Morgan fingerprint density at radius 3 is 2.93 bits per heavy atom. The Morgan fingerprint density at radius 2 is 2.27 bits per heavy atom. The van der Waals surface area contributed by atoms with Crippen LogP contribution in [0.25, 0.3) is 0 Å². The quantitative estimate of drug-likeness (QED) is 0.861. The van der Waals surface area contributed by atoms with E-state index in [9.17, 15) is 0 Å². The second-order valence-electron chi connectivity index (χ2n) is 3.95. The lowest BCUT2D eigenvalue weighted by atomic mass is 10.1. The monoisotopic (exact) mass is 288 g/mol. The van der Waals surface area contributed by atoms with Crippen molar-refractivity contribution in [2.45, 2.75) is 18.9 Å². The normalized spacial score (nSPS) is 21.8. The number of nitrogens with two attached hydrogens (primary N) is 1. The van der Waals surface area contributed by atoms with E-state index < -0.39 is 0 Å². The number of piperidine rings is 1. The van der Waals surface area contributed by atoms with E-state index in [1.165, 1.54) is 12.1 Å². The first-order chi connectivity index (χ1) is 7.16. The molecule has 1 fully saturated rings. The average molecular weight is 290 g/mol. The van der Waals surface area contributed by atoms with Crippen molar-refractivity contribution in [3.05, 3.63) is 27.7 Å². The van der Waals surface area contributed by atoms with Crippen molar-refractivity contribution < 1.29 is 0 Å². The van der Waals surface area contributed by atoms with Crippen LogP contribution in [0.4, 0.5) is 5.69 Å². The van der Waals surface area contributed by atoms with Crippen molar-refractivity contribution in [2.24, 2.45) is 5.73 Å². The molecule has 1 aliphatic heterocycles. The van der Waals surface area contributed by atoms with Gasteiger partial charge in [-0.1, -0.05) is 11.6 Å². The number of hydrogen-bond donors (Lipinski definition) is 1. The van der Waals surface area contributed by atoms with Gasteiger partial charge in [-0.25, -0.2) is 0 Å². The van der Waals surface area contributed by atoms with E-state index in [-0.39, 0.29) is 0 Å². The van der Waals surface area contributed by atoms with Gasteiger partial charge >= 0.3 is 0 Å². The third kappa shape index (κ3) is 2.65. The lowest BCUT2D eigenvalue weighted by Gasteiger charge is -2.32. The van der Waals surface area contributed by atoms with Crippen LogP contribution in [-0.4, -0.2) is 19.1 Å². The Hall–Kier alpha value is -0.250. The Kier molecular flexibility index (Phi) is 3.54. The Bertz CT molecular complexity index is 356. The van der Waals surface area contributed by atoms with Crippen LogP contribution >= 0.6 is 27.5 Å². The fraction of sp³-hybridized carbons (Fsp3) is 0.455. The second kappa shape index (κ2) is 4.73. The molecule has 2 nitrogen and oxygen atoms in total. The molecule has 0 radical (unpaired) electrons. The molecule has 1 saturated heterocycles. The highest BCUT2D eigenvalue weighted by Crippen LogP contribution is 2.28. The van der Waals surface area contributed by atoms with Crippen LogP contribution in [0, 0.1) is 0 Å². The van der Waals surface area contributed by atoms with Gasteiger partial charge in [-0.3, -0.25) is 0 Å². The molecule has 15 heavy (non-hydrogen) atoms. The summed E-state index contributed by atoms with van der Waals surface area (Å²) in [6.45, 7) is 2.02. The molecule has 0 saturated carbocycles. The molecule has 2 rings (SSSR count). The molecule has 1 atom stereocenters. The SMILES string of the molecule is NC1CCCN(c2ccc(Cl)c(Br)c2)C1. The summed E-state index contributed by atoms with van der Waals surface area (Å²) < 4.78 is 0.945. The first-order valence-corrected chi connectivity index (χ1v) is 6.29. The standard InChI is InChI=1S/C11H14BrClN2/c12-10-6-9(3-4-11(10)13)15-5-1-2-8(14)7-15/h3-4,6,8H,1-2,5,7,14H2. The van der Waals surface area contributed by atoms with Gasteiger partial charge in [0.05, 0.1) is 5.02 Å². The van der Waals surface area contributed by atoms with E-state index >= 15 is 0 Å². The number of halogens is 2. The highest BCUT2D eigenvalue weighted by molar-refractivity contribution is 9.10. The molecular weight excluding hydrogens is 275 g/mol. The van der Waals surface area contributed by atoms with Crippen LogP contribution in [-0.2, 0) is 0 Å². The molecule has 1 heterocycles. The van der Waals surface area contributed by atoms with E-state index in [4.69, 9.17) is 17.3 Å². The van der Waals surface area contributed by atoms with Gasteiger partial charge in [0.25, 0.3) is 0 Å². The van der Waals surface area contributed by atoms with Gasteiger partial charge in [-0.05, 0) is 47.0 Å². The molecule has 0 aromatic heterocycles. The first-order valence-electron chi connectivity index (χ1n) is 5.12. The van der Waals surface area contributed by atoms with Crippen molar-refractivity contribution in [1.82, 2.24) is 0 Å². The Labute approximate surface area is 104 Å². The van der Waals surface area contributed by atoms with Gasteiger partial charge in [0.15, 0.2) is 0 Å². The molecular formula is C11H14BrClN2. The molecule has 1 aromatic carbocycles. The molecule has 0 spiro atoms. The second-order valence-corrected chi connectivity index (χ2v) is 5.21. The topological polar surface area (TPSA) is 29.3 Å². The summed E-state index contributed by atoms with van der Waals surface area (Å²) in [4.78, 5) is 2.31. The lowest BCUT2D eigenvalue weighted by Crippen LogP contribution is -2.42. The zero-order chi connectivity index (χ0) is 10.8. The number of rotatable bonds is 1. The maximum Gasteiger partial charge on any atom is 0.0549 e. The molecule has 0 amide bonds. The predicted molar refractivity (Wildman–Crippen MR) is 68.6 cm³/mol. The Morgan fingerprint density at radius 1 is 1.47 bits per heavy atom. The number of anilines is 1. The summed E-state index contributed by atoms with van der Waals surface area (Å²) in [7, 11) is 0. The fourth-order valence-electron chi connectivity index (χ4n) is 1.93. The average Bonchev–Trinajstić information content (AvgIpc) is 2.22. The van der Waals surface area contributed by atoms with E-state index in [0.29, 0.717) is 6.04 Å². The van der Waals surface area contributed by atoms with Crippen molar-refractivity contribution in [3.63, 3.8) is 0 Å². The first kappa shape index (κ1) is 11.2. The molecule has 1 unspecified atom stereocenters. The molecule has 0 bridgehead atoms. The maximum atomic E-state index is 5.96. The summed E-state index contributed by atoms with van der Waals surface area (Å²) in [5, 5.41) is 0.750. The third-order valence-electron chi connectivity index (χ3n) is 2.73. The smallest absolute Gasteiger partial charge is 0.0549 e. The zero-order valence-electron chi connectivity index (χ0n) is 8.42. The minimum absolute atomic E-state index is 0.299. The summed E-state index contributed by atoms with van der Waals surface area (Å²) in [6, 6.07) is 6.32. The van der Waals surface area contributed by atoms with Gasteiger partial charge in [-0.15, -0.1) is 0 Å². The van der Waals surface area contributed by atoms with Gasteiger partial charge < -0.3 is 10.6 Å². The van der Waals surface area contributed by atoms with Crippen molar-refractivity contribution in [2.75, 3.05) is 18.0 Å². The van der Waals surface area contributed by atoms with Gasteiger partial charge in [0, 0.05) is 29.3 Å². The molecule has 2 N–H and O–H groups in total. The summed E-state index contributed by atoms with van der Waals surface area (Å²) in [6.07, 6.45) is 2.30. The zero-order valence-corrected chi connectivity index (χ0v) is 10.8. The maximum absolute atomic E-state index is 5.96. The van der Waals surface area contributed by atoms with Crippen molar-refractivity contribution in [3.8, 4) is 0 Å². The molecule has 82 valence electrons. The van der Waals surface area contributed by atoms with Gasteiger partial charge in [0.2, 0.25) is 0 Å². The van der Waals surface area contributed by atoms with Crippen LogP contribution in [0.1, 0.15) is 12.8 Å². The molecule has 0 aliphatic carbocycles. The van der Waals surface area contributed by atoms with Gasteiger partial charge in [-0.2, -0.15) is 0 Å². The molecule has 1 aromatic rings. The summed E-state index contributed by atoms with van der Waals surface area (Å²) in [5.41, 5.74) is 7.15. The summed E-state index contributed by atoms with van der Waals surface area (Å²) >= 11 is 9.40. The predicted octanol–water partition coefficient (Wildman–Crippen LogP) is 3.03.